The molecule has 12 rings (SSSR count). The van der Waals surface area contributed by atoms with Crippen molar-refractivity contribution >= 4 is 101 Å². The first kappa shape index (κ1) is 120. The lowest BCUT2D eigenvalue weighted by molar-refractivity contribution is 0.0783. The van der Waals surface area contributed by atoms with Crippen molar-refractivity contribution in [2.24, 2.45) is 23.7 Å². The molecule has 0 radical (unpaired) electrons. The molecule has 2 saturated carbocycles. The van der Waals surface area contributed by atoms with Crippen molar-refractivity contribution in [2.45, 2.75) is 245 Å². The van der Waals surface area contributed by atoms with E-state index in [1.54, 1.807) is 102 Å². The van der Waals surface area contributed by atoms with Gasteiger partial charge in [0.1, 0.15) is 34.9 Å². The Balaban J connectivity index is 0.000000221. The SMILES string of the molecule is CCCC[C@H](O)[C@H](Cc1cc(F)cc(F)c1)NC(=O)c1cc(NCC2CC2C)nc(N(C)S(C)(=O)=O)c1.CCCC[C@H](O)[C@H](Cc1ccsc1)NC(=O)c1cc(NCC2CC2C)nc(N(C)S(C)(=O)=O)c1.[C-]#[N+]c1ccccc1-c1cc(C(=O)N[C@@H](Cc2ccccc2)[C@@H](O)CCCC)cc(C(=O)N(C)CCCC)c1.[C-]#[N+]c1ccccc1-c1cc(C(=O)N[C@@H](Cc2ccccc2)[C@H](O)CCCC)cc(C(=O)N(C)CCCC)c1. The Hall–Kier alpha value is -12.9. The fraction of sp³-hybridized carbons (Fsp3) is 0.448. The normalized spacial score (nSPS) is 15.5. The number of unbranched alkanes of at least 4 members (excludes halogenated alkanes) is 6. The Morgan fingerprint density at radius 1 is 0.409 bits per heavy atom. The number of anilines is 4. The molecule has 0 saturated heterocycles. The van der Waals surface area contributed by atoms with E-state index in [2.05, 4.69) is 100 Å². The Morgan fingerprint density at radius 3 is 1.03 bits per heavy atom. The number of hydrogen-bond acceptors (Lipinski definition) is 19. The molecule has 4 unspecified atom stereocenters. The maximum absolute atomic E-state index is 13.8. The zero-order valence-corrected chi connectivity index (χ0v) is 90.8. The third kappa shape index (κ3) is 38.3. The monoisotopic (exact) mass is 2100 g/mol. The first-order chi connectivity index (χ1) is 71.2. The molecular formula is C116H150F2N14O14S3. The molecule has 2 aliphatic rings. The molecule has 6 amide bonds. The largest absolute Gasteiger partial charge is 0.391 e. The average Bonchev–Trinajstić information content (AvgIpc) is 0.910. The van der Waals surface area contributed by atoms with Gasteiger partial charge in [0.25, 0.3) is 35.4 Å². The molecule has 0 aliphatic heterocycles. The summed E-state index contributed by atoms with van der Waals surface area (Å²) in [6.45, 7) is 34.4. The van der Waals surface area contributed by atoms with Gasteiger partial charge in [-0.25, -0.2) is 45.3 Å². The minimum Gasteiger partial charge on any atom is -0.391 e. The van der Waals surface area contributed by atoms with Gasteiger partial charge in [-0.2, -0.15) is 11.3 Å². The molecule has 10 aromatic rings. The van der Waals surface area contributed by atoms with Crippen molar-refractivity contribution in [3.8, 4) is 22.3 Å². The Labute approximate surface area is 883 Å². The summed E-state index contributed by atoms with van der Waals surface area (Å²) in [6, 6.07) is 53.0. The molecule has 800 valence electrons. The quantitative estimate of drug-likeness (QED) is 0.0158. The van der Waals surface area contributed by atoms with Crippen LogP contribution in [-0.4, -0.2) is 208 Å². The molecule has 2 fully saturated rings. The number of para-hydroxylation sites is 2. The van der Waals surface area contributed by atoms with Gasteiger partial charge in [-0.1, -0.05) is 229 Å². The maximum atomic E-state index is 13.8. The predicted molar refractivity (Wildman–Crippen MR) is 592 cm³/mol. The van der Waals surface area contributed by atoms with Gasteiger partial charge in [0.2, 0.25) is 20.0 Å². The molecule has 10 N–H and O–H groups in total. The van der Waals surface area contributed by atoms with Gasteiger partial charge in [-0.15, -0.1) is 0 Å². The van der Waals surface area contributed by atoms with Crippen molar-refractivity contribution in [2.75, 3.05) is 86.1 Å². The summed E-state index contributed by atoms with van der Waals surface area (Å²) >= 11 is 1.58. The second kappa shape index (κ2) is 59.5. The fourth-order valence-corrected chi connectivity index (χ4v) is 18.6. The summed E-state index contributed by atoms with van der Waals surface area (Å²) in [5.74, 6) is -0.170. The number of thiophene rings is 1. The molecule has 33 heteroatoms. The average molecular weight is 2100 g/mol. The second-order valence-electron chi connectivity index (χ2n) is 39.2. The molecule has 3 aromatic heterocycles. The van der Waals surface area contributed by atoms with Crippen LogP contribution in [0.4, 0.5) is 43.4 Å². The molecule has 7 aromatic carbocycles. The van der Waals surface area contributed by atoms with Crippen LogP contribution >= 0.6 is 11.3 Å². The van der Waals surface area contributed by atoms with E-state index >= 15 is 0 Å². The highest BCUT2D eigenvalue weighted by Crippen LogP contribution is 2.40. The van der Waals surface area contributed by atoms with Crippen LogP contribution in [0.3, 0.4) is 0 Å². The number of halogens is 2. The van der Waals surface area contributed by atoms with Gasteiger partial charge in [-0.3, -0.25) is 37.4 Å². The van der Waals surface area contributed by atoms with Crippen LogP contribution in [0.2, 0.25) is 0 Å². The van der Waals surface area contributed by atoms with E-state index in [0.29, 0.717) is 173 Å². The highest BCUT2D eigenvalue weighted by atomic mass is 32.2. The fourth-order valence-electron chi connectivity index (χ4n) is 17.1. The lowest BCUT2D eigenvalue weighted by Crippen LogP contribution is -2.45. The minimum absolute atomic E-state index is 0.0111. The van der Waals surface area contributed by atoms with E-state index in [1.165, 1.54) is 44.4 Å². The Kier molecular flexibility index (Phi) is 47.8. The lowest BCUT2D eigenvalue weighted by atomic mass is 9.95. The number of carbonyl (C=O) groups is 6. The van der Waals surface area contributed by atoms with E-state index in [9.17, 15) is 74.8 Å². The number of pyridine rings is 2. The summed E-state index contributed by atoms with van der Waals surface area (Å²) < 4.78 is 78.1. The smallest absolute Gasteiger partial charge is 0.253 e. The number of rotatable bonds is 52. The molecule has 2 aliphatic carbocycles. The minimum atomic E-state index is -3.64. The number of amides is 6. The van der Waals surface area contributed by atoms with Gasteiger partial charge in [0.05, 0.1) is 74.2 Å². The van der Waals surface area contributed by atoms with E-state index < -0.39 is 86.2 Å². The van der Waals surface area contributed by atoms with E-state index in [4.69, 9.17) is 13.1 Å². The number of aliphatic hydroxyl groups excluding tert-OH is 4. The van der Waals surface area contributed by atoms with Crippen LogP contribution in [0.5, 0.6) is 0 Å². The molecule has 3 heterocycles. The molecule has 0 bridgehead atoms. The van der Waals surface area contributed by atoms with Gasteiger partial charge >= 0.3 is 0 Å². The van der Waals surface area contributed by atoms with E-state index in [1.807, 2.05) is 109 Å². The van der Waals surface area contributed by atoms with Crippen molar-refractivity contribution in [1.29, 1.82) is 0 Å². The molecule has 12 atom stereocenters. The number of benzene rings is 7. The molecule has 28 nitrogen and oxygen atoms in total. The molecule has 0 spiro atoms. The van der Waals surface area contributed by atoms with Crippen LogP contribution in [0.1, 0.15) is 255 Å². The second-order valence-corrected chi connectivity index (χ2v) is 44.0. The highest BCUT2D eigenvalue weighted by molar-refractivity contribution is 7.92. The van der Waals surface area contributed by atoms with Crippen LogP contribution < -0.4 is 40.5 Å². The summed E-state index contributed by atoms with van der Waals surface area (Å²) in [4.78, 5) is 100. The van der Waals surface area contributed by atoms with E-state index in [0.717, 1.165) is 134 Å². The topological polar surface area (TPSA) is 371 Å². The third-order valence-corrected chi connectivity index (χ3v) is 30.0. The zero-order valence-electron chi connectivity index (χ0n) is 88.4. The zero-order chi connectivity index (χ0) is 109. The van der Waals surface area contributed by atoms with Crippen LogP contribution in [0.15, 0.2) is 205 Å². The Morgan fingerprint density at radius 2 is 0.718 bits per heavy atom. The lowest BCUT2D eigenvalue weighted by Gasteiger charge is -2.25. The predicted octanol–water partition coefficient (Wildman–Crippen LogP) is 20.6. The summed E-state index contributed by atoms with van der Waals surface area (Å²) in [5, 5.41) is 65.9. The number of aliphatic hydroxyl groups is 4. The van der Waals surface area contributed by atoms with Crippen LogP contribution in [0, 0.1) is 48.5 Å². The summed E-state index contributed by atoms with van der Waals surface area (Å²) in [6.07, 6.45) is 15.6. The highest BCUT2D eigenvalue weighted by Gasteiger charge is 2.36. The standard InChI is InChI=1S/2C33H39N3O3.C26H36F2N4O4S.C24H36N4O4S2/c2*1-5-7-18-31(37)30(20-24-14-10-9-11-15-24)35-32(38)26-21-25(28-16-12-13-17-29(28)34-3)22-27(23-26)33(39)36(4)19-8-6-2;1-5-6-7-23(33)22(11-17-9-20(27)14-21(28)10-17)30-26(34)18-12-24(29-15-19-8-16(19)2)31-25(13-18)32(3)37(4,35)36;1-5-6-7-21(29)20(11-17-8-9-33-15-17)26-24(30)18-12-22(25-14-19-10-16(19)2)27-23(13-18)28(3)34(4,31)32/h2*9-17,21-23,30-31,37H,5-8,18-20H2,1-2,4H3,(H,35,38);9-10,12-14,16,19,22-23,33H,5-8,11,15H2,1-4H3,(H,29,31)(H,30,34);8-9,12-13,15-16,19-21,29H,5-7,10-11,14H2,1-4H3,(H,25,27)(H,26,30)/t30-,31+;30-,31-;16?,19?,22-,23-;16?,19?,20-,21-/m0000/s1. The van der Waals surface area contributed by atoms with Gasteiger partial charge in [-0.05, 0) is 235 Å². The number of aromatic nitrogens is 2. The summed E-state index contributed by atoms with van der Waals surface area (Å²) in [7, 11) is -0.901. The van der Waals surface area contributed by atoms with Crippen molar-refractivity contribution in [3.63, 3.8) is 0 Å². The summed E-state index contributed by atoms with van der Waals surface area (Å²) in [5.41, 5.74) is 8.74. The molecule has 149 heavy (non-hydrogen) atoms. The number of carbonyl (C=O) groups excluding carboxylic acids is 6. The number of nitrogens with zero attached hydrogens (tertiary/aromatic N) is 8. The number of sulfonamides is 2. The van der Waals surface area contributed by atoms with Gasteiger partial charge in [0, 0.05) is 93.8 Å². The Bertz CT molecular complexity index is 6140. The van der Waals surface area contributed by atoms with Crippen LogP contribution in [-0.2, 0) is 45.7 Å². The third-order valence-electron chi connectivity index (χ3n) is 26.9. The first-order valence-corrected chi connectivity index (χ1v) is 56.5. The first-order valence-electron chi connectivity index (χ1n) is 51.8. The van der Waals surface area contributed by atoms with Crippen molar-refractivity contribution in [1.82, 2.24) is 41.0 Å². The number of hydrogen-bond donors (Lipinski definition) is 10. The van der Waals surface area contributed by atoms with Gasteiger partial charge < -0.3 is 62.1 Å². The molecular weight excluding hydrogens is 1950 g/mol. The van der Waals surface area contributed by atoms with Crippen LogP contribution in [0.25, 0.3) is 31.9 Å². The van der Waals surface area contributed by atoms with Gasteiger partial charge in [0.15, 0.2) is 11.4 Å². The van der Waals surface area contributed by atoms with Crippen molar-refractivity contribution in [3.05, 3.63) is 295 Å². The van der Waals surface area contributed by atoms with E-state index in [-0.39, 0.29) is 53.2 Å². The van der Waals surface area contributed by atoms with Crippen molar-refractivity contribution < 1.29 is 74.8 Å². The number of nitrogens with one attached hydrogen (secondary N) is 6. The maximum Gasteiger partial charge on any atom is 0.253 e.